The van der Waals surface area contributed by atoms with Gasteiger partial charge in [0, 0.05) is 29.0 Å². The molecule has 0 aromatic carbocycles. The fraction of sp³-hybridized carbons (Fsp3) is 0.538. The summed E-state index contributed by atoms with van der Waals surface area (Å²) in [6, 6.07) is 0. The number of hydrogen-bond donors (Lipinski definition) is 3. The molecule has 3 rings (SSSR count). The van der Waals surface area contributed by atoms with Gasteiger partial charge in [-0.2, -0.15) is 0 Å². The van der Waals surface area contributed by atoms with Crippen molar-refractivity contribution in [3.63, 3.8) is 0 Å². The highest BCUT2D eigenvalue weighted by Crippen LogP contribution is 2.34. The van der Waals surface area contributed by atoms with E-state index < -0.39 is 30.2 Å². The normalized spacial score (nSPS) is 24.6. The van der Waals surface area contributed by atoms with Gasteiger partial charge in [-0.15, -0.1) is 0 Å². The zero-order valence-corrected chi connectivity index (χ0v) is 15.0. The molecule has 1 aliphatic rings. The van der Waals surface area contributed by atoms with E-state index in [1.165, 1.54) is 20.2 Å². The summed E-state index contributed by atoms with van der Waals surface area (Å²) in [7, 11) is 0. The van der Waals surface area contributed by atoms with Gasteiger partial charge in [0.1, 0.15) is 17.8 Å². The molecule has 4 N–H and O–H groups in total. The maximum atomic E-state index is 11.4. The lowest BCUT2D eigenvalue weighted by Crippen LogP contribution is -2.38. The second-order valence-electron chi connectivity index (χ2n) is 5.89. The molecule has 3 atom stereocenters. The van der Waals surface area contributed by atoms with Gasteiger partial charge in [-0.1, -0.05) is 0 Å². The molecule has 2 aromatic rings. The van der Waals surface area contributed by atoms with Crippen LogP contribution in [0.4, 0.5) is 5.82 Å². The van der Waals surface area contributed by atoms with Crippen molar-refractivity contribution in [2.75, 3.05) is 5.73 Å². The number of anilines is 1. The van der Waals surface area contributed by atoms with Crippen LogP contribution in [0.1, 0.15) is 26.5 Å². The number of fused-ring (bicyclic) bond motifs is 1. The van der Waals surface area contributed by atoms with Gasteiger partial charge in [0.05, 0.1) is 6.33 Å². The van der Waals surface area contributed by atoms with Crippen LogP contribution in [-0.4, -0.2) is 53.7 Å². The second kappa shape index (κ2) is 6.06. The zero-order chi connectivity index (χ0) is 17.6. The van der Waals surface area contributed by atoms with E-state index in [0.29, 0.717) is 15.0 Å². The van der Waals surface area contributed by atoms with Crippen LogP contribution in [-0.2, 0) is 14.3 Å². The number of hydrogen-bond acceptors (Lipinski definition) is 8. The molecule has 10 nitrogen and oxygen atoms in total. The van der Waals surface area contributed by atoms with Crippen LogP contribution in [0.3, 0.4) is 0 Å². The Morgan fingerprint density at radius 2 is 2.25 bits per heavy atom. The van der Waals surface area contributed by atoms with Crippen LogP contribution >= 0.6 is 22.6 Å². The molecule has 0 aliphatic carbocycles. The average molecular weight is 449 g/mol. The molecule has 1 fully saturated rings. The fourth-order valence-electron chi connectivity index (χ4n) is 2.63. The number of carboxylic acid groups (broad SMARTS) is 1. The predicted octanol–water partition coefficient (Wildman–Crippen LogP) is 0.499. The number of nitrogens with two attached hydrogens (primary N) is 1. The summed E-state index contributed by atoms with van der Waals surface area (Å²) in [5.41, 5.74) is 6.69. The van der Waals surface area contributed by atoms with Crippen LogP contribution in [0, 0.1) is 3.83 Å². The largest absolute Gasteiger partial charge is 0.479 e. The Hall–Kier alpha value is -1.57. The van der Waals surface area contributed by atoms with E-state index in [0.717, 1.165) is 0 Å². The summed E-state index contributed by atoms with van der Waals surface area (Å²) in [6.07, 6.45) is -0.997. The number of aliphatic carboxylic acids is 1. The second-order valence-corrected chi connectivity index (χ2v) is 6.86. The fourth-order valence-corrected chi connectivity index (χ4v) is 3.12. The van der Waals surface area contributed by atoms with Crippen molar-refractivity contribution in [2.24, 2.45) is 0 Å². The average Bonchev–Trinajstić information content (AvgIpc) is 3.00. The topological polar surface area (TPSA) is 146 Å². The number of imidazole rings is 1. The monoisotopic (exact) mass is 449 g/mol. The first-order valence-electron chi connectivity index (χ1n) is 7.09. The molecule has 24 heavy (non-hydrogen) atoms. The lowest BCUT2D eigenvalue weighted by atomic mass is 10.1. The zero-order valence-electron chi connectivity index (χ0n) is 12.9. The molecule has 0 amide bonds. The first kappa shape index (κ1) is 17.3. The Labute approximate surface area is 150 Å². The number of nitrogen functional groups attached to an aromatic ring is 1. The van der Waals surface area contributed by atoms with Gasteiger partial charge in [-0.25, -0.2) is 19.7 Å². The van der Waals surface area contributed by atoms with Gasteiger partial charge in [0.25, 0.3) is 0 Å². The molecule has 0 radical (unpaired) electrons. The molecule has 1 aliphatic heterocycles. The quantitative estimate of drug-likeness (QED) is 0.345. The van der Waals surface area contributed by atoms with Crippen molar-refractivity contribution in [3.05, 3.63) is 10.2 Å². The first-order chi connectivity index (χ1) is 11.2. The molecule has 3 heterocycles. The predicted molar refractivity (Wildman–Crippen MR) is 89.8 cm³/mol. The van der Waals surface area contributed by atoms with Crippen molar-refractivity contribution < 1.29 is 24.5 Å². The highest BCUT2D eigenvalue weighted by atomic mass is 127. The van der Waals surface area contributed by atoms with Crippen LogP contribution in [0.25, 0.3) is 11.2 Å². The van der Waals surface area contributed by atoms with Gasteiger partial charge in [-0.05, 0) is 13.8 Å². The Morgan fingerprint density at radius 3 is 2.88 bits per heavy atom. The van der Waals surface area contributed by atoms with Crippen LogP contribution in [0.2, 0.25) is 0 Å². The smallest absolute Gasteiger partial charge is 0.335 e. The van der Waals surface area contributed by atoms with Gasteiger partial charge in [0.15, 0.2) is 27.2 Å². The van der Waals surface area contributed by atoms with E-state index in [1.807, 2.05) is 22.6 Å². The molecule has 1 saturated heterocycles. The van der Waals surface area contributed by atoms with Gasteiger partial charge in [-0.3, -0.25) is 4.57 Å². The standard InChI is InChI=1S/C13H16IN5O5/c1-13(2,22)24-5-3-6(23-8(5)11(20)21)19-4-16-7-9(15)17-12(14)18-10(7)19/h4-6,8,22H,3H2,1-2H3,(H,20,21)(H2,15,17,18)/t5?,6-,8+/m1/s1. The molecule has 2 aromatic heterocycles. The van der Waals surface area contributed by atoms with E-state index in [9.17, 15) is 15.0 Å². The summed E-state index contributed by atoms with van der Waals surface area (Å²) in [4.78, 5) is 23.9. The maximum Gasteiger partial charge on any atom is 0.335 e. The minimum atomic E-state index is -1.48. The van der Waals surface area contributed by atoms with Gasteiger partial charge in [0.2, 0.25) is 0 Å². The number of carboxylic acids is 1. The molecule has 130 valence electrons. The SMILES string of the molecule is CC(C)(O)OC1C[C@H](n2cnc3c(N)nc(I)nc32)O[C@@H]1C(=O)O. The van der Waals surface area contributed by atoms with Crippen molar-refractivity contribution in [3.8, 4) is 0 Å². The highest BCUT2D eigenvalue weighted by molar-refractivity contribution is 14.1. The first-order valence-corrected chi connectivity index (χ1v) is 8.17. The van der Waals surface area contributed by atoms with Crippen molar-refractivity contribution in [1.82, 2.24) is 19.5 Å². The minimum Gasteiger partial charge on any atom is -0.479 e. The summed E-state index contributed by atoms with van der Waals surface area (Å²) in [5, 5.41) is 19.1. The third-order valence-electron chi connectivity index (χ3n) is 3.49. The molecule has 0 saturated carbocycles. The Bertz CT molecular complexity index is 789. The van der Waals surface area contributed by atoms with E-state index in [1.54, 1.807) is 4.57 Å². The number of halogens is 1. The van der Waals surface area contributed by atoms with Crippen LogP contribution in [0.5, 0.6) is 0 Å². The molecule has 11 heteroatoms. The van der Waals surface area contributed by atoms with Crippen molar-refractivity contribution in [1.29, 1.82) is 0 Å². The summed E-state index contributed by atoms with van der Waals surface area (Å²) < 4.78 is 13.1. The molecule has 1 unspecified atom stereocenters. The van der Waals surface area contributed by atoms with Gasteiger partial charge >= 0.3 is 5.97 Å². The van der Waals surface area contributed by atoms with E-state index in [4.69, 9.17) is 15.2 Å². The lowest BCUT2D eigenvalue weighted by Gasteiger charge is -2.24. The number of rotatable bonds is 4. The van der Waals surface area contributed by atoms with Crippen LogP contribution < -0.4 is 5.73 Å². The van der Waals surface area contributed by atoms with E-state index in [2.05, 4.69) is 15.0 Å². The Morgan fingerprint density at radius 1 is 1.54 bits per heavy atom. The third-order valence-corrected chi connectivity index (χ3v) is 3.97. The number of ether oxygens (including phenoxy) is 2. The summed E-state index contributed by atoms with van der Waals surface area (Å²) in [5.74, 6) is -2.41. The Kier molecular flexibility index (Phi) is 4.36. The van der Waals surface area contributed by atoms with Gasteiger partial charge < -0.3 is 25.4 Å². The molecular weight excluding hydrogens is 433 g/mol. The van der Waals surface area contributed by atoms with E-state index >= 15 is 0 Å². The molecule has 0 bridgehead atoms. The molecule has 0 spiro atoms. The number of aromatic nitrogens is 4. The summed E-state index contributed by atoms with van der Waals surface area (Å²) in [6.45, 7) is 2.87. The third kappa shape index (κ3) is 3.29. The lowest BCUT2D eigenvalue weighted by molar-refractivity contribution is -0.216. The van der Waals surface area contributed by atoms with Crippen LogP contribution in [0.15, 0.2) is 6.33 Å². The number of aliphatic hydroxyl groups is 1. The van der Waals surface area contributed by atoms with Crippen molar-refractivity contribution >= 4 is 45.5 Å². The van der Waals surface area contributed by atoms with Crippen molar-refractivity contribution in [2.45, 2.75) is 44.5 Å². The summed E-state index contributed by atoms with van der Waals surface area (Å²) >= 11 is 1.93. The number of nitrogens with zero attached hydrogens (tertiary/aromatic N) is 4. The number of carbonyl (C=O) groups is 1. The van der Waals surface area contributed by atoms with E-state index in [-0.39, 0.29) is 12.2 Å². The minimum absolute atomic E-state index is 0.215. The highest BCUT2D eigenvalue weighted by Gasteiger charge is 2.44. The maximum absolute atomic E-state index is 11.4. The Balaban J connectivity index is 1.95. The molecular formula is C13H16IN5O5.